The molecule has 2 aromatic rings. The molecule has 0 saturated carbocycles. The SMILES string of the molecule is COc1ccc(C(=O)c2cc(C)oc2C)cc1. The second-order valence-electron chi connectivity index (χ2n) is 3.88. The Hall–Kier alpha value is -2.03. The molecule has 0 aliphatic carbocycles. The summed E-state index contributed by atoms with van der Waals surface area (Å²) in [5, 5.41) is 0. The molecule has 1 aromatic heterocycles. The van der Waals surface area contributed by atoms with Gasteiger partial charge in [-0.3, -0.25) is 4.79 Å². The fourth-order valence-corrected chi connectivity index (χ4v) is 1.75. The highest BCUT2D eigenvalue weighted by Gasteiger charge is 2.15. The minimum atomic E-state index is -0.0259. The number of methoxy groups -OCH3 is 1. The highest BCUT2D eigenvalue weighted by Crippen LogP contribution is 2.19. The van der Waals surface area contributed by atoms with Gasteiger partial charge in [0.05, 0.1) is 12.7 Å². The third-order valence-electron chi connectivity index (χ3n) is 2.64. The normalized spacial score (nSPS) is 10.3. The van der Waals surface area contributed by atoms with E-state index in [1.54, 1.807) is 44.4 Å². The third kappa shape index (κ3) is 2.23. The van der Waals surface area contributed by atoms with Crippen LogP contribution in [-0.2, 0) is 0 Å². The number of aryl methyl sites for hydroxylation is 2. The molecular weight excluding hydrogens is 216 g/mol. The molecule has 0 bridgehead atoms. The van der Waals surface area contributed by atoms with Crippen molar-refractivity contribution < 1.29 is 13.9 Å². The molecule has 88 valence electrons. The molecule has 1 heterocycles. The van der Waals surface area contributed by atoms with Crippen LogP contribution in [0.25, 0.3) is 0 Å². The Labute approximate surface area is 100 Å². The van der Waals surface area contributed by atoms with Gasteiger partial charge in [-0.05, 0) is 44.2 Å². The van der Waals surface area contributed by atoms with E-state index in [4.69, 9.17) is 9.15 Å². The van der Waals surface area contributed by atoms with Crippen LogP contribution >= 0.6 is 0 Å². The smallest absolute Gasteiger partial charge is 0.196 e. The summed E-state index contributed by atoms with van der Waals surface area (Å²) in [5.41, 5.74) is 1.25. The predicted octanol–water partition coefficient (Wildman–Crippen LogP) is 3.14. The summed E-state index contributed by atoms with van der Waals surface area (Å²) < 4.78 is 10.4. The Morgan fingerprint density at radius 3 is 2.29 bits per heavy atom. The fourth-order valence-electron chi connectivity index (χ4n) is 1.75. The number of carbonyl (C=O) groups is 1. The highest BCUT2D eigenvalue weighted by molar-refractivity contribution is 6.09. The summed E-state index contributed by atoms with van der Waals surface area (Å²) in [7, 11) is 1.60. The highest BCUT2D eigenvalue weighted by atomic mass is 16.5. The number of benzene rings is 1. The van der Waals surface area contributed by atoms with Crippen LogP contribution in [0.15, 0.2) is 34.7 Å². The number of ether oxygens (including phenoxy) is 1. The van der Waals surface area contributed by atoms with E-state index in [-0.39, 0.29) is 5.78 Å². The van der Waals surface area contributed by atoms with Gasteiger partial charge in [-0.2, -0.15) is 0 Å². The first-order valence-corrected chi connectivity index (χ1v) is 5.37. The summed E-state index contributed by atoms with van der Waals surface area (Å²) in [6.45, 7) is 3.63. The van der Waals surface area contributed by atoms with Crippen LogP contribution in [-0.4, -0.2) is 12.9 Å². The van der Waals surface area contributed by atoms with Gasteiger partial charge in [0, 0.05) is 5.56 Å². The van der Waals surface area contributed by atoms with Gasteiger partial charge < -0.3 is 9.15 Å². The lowest BCUT2D eigenvalue weighted by Gasteiger charge is -2.01. The van der Waals surface area contributed by atoms with Gasteiger partial charge in [-0.1, -0.05) is 0 Å². The van der Waals surface area contributed by atoms with E-state index in [2.05, 4.69) is 0 Å². The Kier molecular flexibility index (Phi) is 3.00. The van der Waals surface area contributed by atoms with Crippen molar-refractivity contribution in [3.8, 4) is 5.75 Å². The molecule has 0 aliphatic heterocycles. The minimum Gasteiger partial charge on any atom is -0.497 e. The predicted molar refractivity (Wildman–Crippen MR) is 64.6 cm³/mol. The maximum absolute atomic E-state index is 12.2. The molecule has 0 N–H and O–H groups in total. The van der Waals surface area contributed by atoms with Crippen LogP contribution in [0, 0.1) is 13.8 Å². The minimum absolute atomic E-state index is 0.0259. The Morgan fingerprint density at radius 1 is 1.18 bits per heavy atom. The van der Waals surface area contributed by atoms with E-state index >= 15 is 0 Å². The molecule has 1 aromatic carbocycles. The van der Waals surface area contributed by atoms with Gasteiger partial charge in [0.25, 0.3) is 0 Å². The maximum Gasteiger partial charge on any atom is 0.196 e. The number of ketones is 1. The van der Waals surface area contributed by atoms with Crippen molar-refractivity contribution in [3.05, 3.63) is 53.0 Å². The van der Waals surface area contributed by atoms with Crippen molar-refractivity contribution >= 4 is 5.78 Å². The molecule has 3 nitrogen and oxygen atoms in total. The first-order valence-electron chi connectivity index (χ1n) is 5.37. The topological polar surface area (TPSA) is 39.4 Å². The molecule has 0 atom stereocenters. The number of carbonyl (C=O) groups excluding carboxylic acids is 1. The summed E-state index contributed by atoms with van der Waals surface area (Å²) >= 11 is 0. The largest absolute Gasteiger partial charge is 0.497 e. The van der Waals surface area contributed by atoms with Crippen molar-refractivity contribution in [2.24, 2.45) is 0 Å². The molecule has 2 rings (SSSR count). The van der Waals surface area contributed by atoms with E-state index in [1.807, 2.05) is 6.92 Å². The zero-order chi connectivity index (χ0) is 12.4. The van der Waals surface area contributed by atoms with Crippen molar-refractivity contribution in [2.45, 2.75) is 13.8 Å². The van der Waals surface area contributed by atoms with E-state index in [1.165, 1.54) is 0 Å². The van der Waals surface area contributed by atoms with Crippen LogP contribution in [0.2, 0.25) is 0 Å². The lowest BCUT2D eigenvalue weighted by molar-refractivity contribution is 0.103. The Bertz CT molecular complexity index is 535. The standard InChI is InChI=1S/C14H14O3/c1-9-8-13(10(2)17-9)14(15)11-4-6-12(16-3)7-5-11/h4-8H,1-3H3. The summed E-state index contributed by atoms with van der Waals surface area (Å²) in [4.78, 5) is 12.2. The molecule has 0 spiro atoms. The molecule has 0 fully saturated rings. The lowest BCUT2D eigenvalue weighted by atomic mass is 10.0. The monoisotopic (exact) mass is 230 g/mol. The van der Waals surface area contributed by atoms with Crippen LogP contribution in [0.5, 0.6) is 5.75 Å². The average Bonchev–Trinajstić information content (AvgIpc) is 2.68. The second-order valence-corrected chi connectivity index (χ2v) is 3.88. The number of hydrogen-bond donors (Lipinski definition) is 0. The molecule has 0 saturated heterocycles. The van der Waals surface area contributed by atoms with Crippen LogP contribution in [0.1, 0.15) is 27.4 Å². The van der Waals surface area contributed by atoms with Gasteiger partial charge in [-0.25, -0.2) is 0 Å². The van der Waals surface area contributed by atoms with Gasteiger partial charge >= 0.3 is 0 Å². The molecule has 0 unspecified atom stereocenters. The molecule has 3 heteroatoms. The number of hydrogen-bond acceptors (Lipinski definition) is 3. The summed E-state index contributed by atoms with van der Waals surface area (Å²) in [6, 6.07) is 8.82. The molecule has 0 aliphatic rings. The third-order valence-corrected chi connectivity index (χ3v) is 2.64. The lowest BCUT2D eigenvalue weighted by Crippen LogP contribution is -2.01. The fraction of sp³-hybridized carbons (Fsp3) is 0.214. The van der Waals surface area contributed by atoms with Gasteiger partial charge in [0.2, 0.25) is 0 Å². The number of rotatable bonds is 3. The summed E-state index contributed by atoms with van der Waals surface area (Å²) in [5.74, 6) is 2.12. The zero-order valence-electron chi connectivity index (χ0n) is 10.1. The van der Waals surface area contributed by atoms with Crippen molar-refractivity contribution in [1.29, 1.82) is 0 Å². The Balaban J connectivity index is 2.33. The van der Waals surface area contributed by atoms with Gasteiger partial charge in [0.1, 0.15) is 17.3 Å². The molecule has 0 radical (unpaired) electrons. The van der Waals surface area contributed by atoms with Crippen molar-refractivity contribution in [1.82, 2.24) is 0 Å². The zero-order valence-corrected chi connectivity index (χ0v) is 10.1. The molecular formula is C14H14O3. The first-order chi connectivity index (χ1) is 8.11. The van der Waals surface area contributed by atoms with Crippen molar-refractivity contribution in [2.75, 3.05) is 7.11 Å². The number of furan rings is 1. The Morgan fingerprint density at radius 2 is 1.82 bits per heavy atom. The second kappa shape index (κ2) is 4.45. The van der Waals surface area contributed by atoms with Crippen LogP contribution in [0.4, 0.5) is 0 Å². The van der Waals surface area contributed by atoms with Gasteiger partial charge in [-0.15, -0.1) is 0 Å². The summed E-state index contributed by atoms with van der Waals surface area (Å²) in [6.07, 6.45) is 0. The van der Waals surface area contributed by atoms with Crippen LogP contribution in [0.3, 0.4) is 0 Å². The average molecular weight is 230 g/mol. The maximum atomic E-state index is 12.2. The van der Waals surface area contributed by atoms with E-state index < -0.39 is 0 Å². The van der Waals surface area contributed by atoms with E-state index in [9.17, 15) is 4.79 Å². The van der Waals surface area contributed by atoms with Gasteiger partial charge in [0.15, 0.2) is 5.78 Å². The molecule has 0 amide bonds. The first kappa shape index (κ1) is 11.5. The van der Waals surface area contributed by atoms with E-state index in [0.717, 1.165) is 11.5 Å². The van der Waals surface area contributed by atoms with Crippen LogP contribution < -0.4 is 4.74 Å². The molecule has 17 heavy (non-hydrogen) atoms. The quantitative estimate of drug-likeness (QED) is 0.760. The van der Waals surface area contributed by atoms with E-state index in [0.29, 0.717) is 16.9 Å². The van der Waals surface area contributed by atoms with Crippen molar-refractivity contribution in [3.63, 3.8) is 0 Å².